The number of aromatic nitrogens is 2. The fourth-order valence-electron chi connectivity index (χ4n) is 0.929. The van der Waals surface area contributed by atoms with Crippen LogP contribution in [-0.2, 0) is 23.6 Å². The second kappa shape index (κ2) is 21.4. The molecule has 1 aromatic heterocycles. The summed E-state index contributed by atoms with van der Waals surface area (Å²) >= 11 is 7.21. The Morgan fingerprint density at radius 3 is 1.43 bits per heavy atom. The van der Waals surface area contributed by atoms with Crippen molar-refractivity contribution in [1.29, 1.82) is 0 Å². The summed E-state index contributed by atoms with van der Waals surface area (Å²) in [5, 5.41) is 0. The van der Waals surface area contributed by atoms with Crippen molar-refractivity contribution in [3.8, 4) is 11.9 Å². The van der Waals surface area contributed by atoms with Crippen LogP contribution in [0.25, 0.3) is 0 Å². The fourth-order valence-corrected chi connectivity index (χ4v) is 0.929. The summed E-state index contributed by atoms with van der Waals surface area (Å²) < 4.78 is 10.4. The molecule has 170 valence electrons. The van der Waals surface area contributed by atoms with Gasteiger partial charge in [0.15, 0.2) is 0 Å². The monoisotopic (exact) mass is 484 g/mol. The molecule has 0 aromatic carbocycles. The molecule has 10 nitrogen and oxygen atoms in total. The van der Waals surface area contributed by atoms with Crippen LogP contribution in [-0.4, -0.2) is 52.5 Å². The van der Waals surface area contributed by atoms with E-state index in [-0.39, 0.29) is 0 Å². The van der Waals surface area contributed by atoms with Crippen LogP contribution in [0.5, 0.6) is 11.9 Å². The Labute approximate surface area is 177 Å². The predicted octanol–water partition coefficient (Wildman–Crippen LogP) is 2.40. The SMILES string of the molecule is CC.CCC.CCOc1cc(C)nc(OCC)n1.OP(O)(O)=S.OP(O)(O)=S. The number of aryl methyl sites for hydroxylation is 1. The van der Waals surface area contributed by atoms with Crippen molar-refractivity contribution in [1.82, 2.24) is 9.97 Å². The first-order valence-electron chi connectivity index (χ1n) is 8.35. The fraction of sp³-hybridized carbons (Fsp3) is 0.714. The van der Waals surface area contributed by atoms with Gasteiger partial charge in [-0.15, -0.1) is 0 Å². The lowest BCUT2D eigenvalue weighted by Crippen LogP contribution is -2.02. The van der Waals surface area contributed by atoms with Crippen molar-refractivity contribution in [2.24, 2.45) is 0 Å². The maximum atomic E-state index is 7.56. The zero-order valence-corrected chi connectivity index (χ0v) is 20.7. The van der Waals surface area contributed by atoms with Crippen LogP contribution < -0.4 is 9.47 Å². The van der Waals surface area contributed by atoms with E-state index in [1.807, 2.05) is 34.6 Å². The lowest BCUT2D eigenvalue weighted by Gasteiger charge is -2.05. The zero-order chi connectivity index (χ0) is 23.4. The molecule has 0 aliphatic rings. The van der Waals surface area contributed by atoms with Gasteiger partial charge in [-0.3, -0.25) is 0 Å². The summed E-state index contributed by atoms with van der Waals surface area (Å²) in [5.41, 5.74) is 0.849. The maximum Gasteiger partial charge on any atom is 0.319 e. The van der Waals surface area contributed by atoms with E-state index in [1.54, 1.807) is 6.07 Å². The van der Waals surface area contributed by atoms with E-state index in [0.29, 0.717) is 25.1 Å². The third-order valence-electron chi connectivity index (χ3n) is 1.38. The van der Waals surface area contributed by atoms with Gasteiger partial charge in [0, 0.05) is 11.8 Å². The number of nitrogens with zero attached hydrogens (tertiary/aromatic N) is 2. The second-order valence-electron chi connectivity index (χ2n) is 4.23. The molecule has 0 bridgehead atoms. The molecule has 1 heterocycles. The molecule has 0 aliphatic carbocycles. The largest absolute Gasteiger partial charge is 0.478 e. The predicted molar refractivity (Wildman–Crippen MR) is 118 cm³/mol. The van der Waals surface area contributed by atoms with Crippen molar-refractivity contribution in [3.63, 3.8) is 0 Å². The molecule has 0 amide bonds. The lowest BCUT2D eigenvalue weighted by molar-refractivity contribution is 0.288. The third-order valence-corrected chi connectivity index (χ3v) is 1.38. The number of ether oxygens (including phenoxy) is 2. The highest BCUT2D eigenvalue weighted by molar-refractivity contribution is 8.06. The van der Waals surface area contributed by atoms with Crippen LogP contribution in [0.15, 0.2) is 6.07 Å². The van der Waals surface area contributed by atoms with Crippen molar-refractivity contribution in [3.05, 3.63) is 11.8 Å². The summed E-state index contributed by atoms with van der Waals surface area (Å²) in [6.45, 7) is 7.49. The van der Waals surface area contributed by atoms with Gasteiger partial charge in [0.25, 0.3) is 0 Å². The van der Waals surface area contributed by atoms with E-state index in [4.69, 9.17) is 38.8 Å². The van der Waals surface area contributed by atoms with Gasteiger partial charge < -0.3 is 38.8 Å². The first kappa shape index (κ1) is 35.2. The van der Waals surface area contributed by atoms with E-state index in [9.17, 15) is 0 Å². The molecule has 0 saturated heterocycles. The molecule has 0 spiro atoms. The molecule has 1 rings (SSSR count). The summed E-state index contributed by atoms with van der Waals surface area (Å²) in [4.78, 5) is 53.5. The van der Waals surface area contributed by atoms with Gasteiger partial charge in [0.2, 0.25) is 5.88 Å². The molecule has 28 heavy (non-hydrogen) atoms. The Morgan fingerprint density at radius 2 is 1.14 bits per heavy atom. The average Bonchev–Trinajstić information content (AvgIpc) is 2.47. The Balaban J connectivity index is -0.000000160. The highest BCUT2D eigenvalue weighted by Crippen LogP contribution is 2.27. The topological polar surface area (TPSA) is 166 Å². The van der Waals surface area contributed by atoms with E-state index in [1.165, 1.54) is 6.42 Å². The summed E-state index contributed by atoms with van der Waals surface area (Å²) in [7, 11) is 0. The van der Waals surface area contributed by atoms with Crippen LogP contribution in [0.1, 0.15) is 53.7 Å². The van der Waals surface area contributed by atoms with Crippen LogP contribution in [0.3, 0.4) is 0 Å². The van der Waals surface area contributed by atoms with E-state index < -0.39 is 13.4 Å². The Kier molecular flexibility index (Phi) is 27.0. The highest BCUT2D eigenvalue weighted by atomic mass is 32.5. The van der Waals surface area contributed by atoms with Gasteiger partial charge in [-0.2, -0.15) is 4.98 Å². The number of rotatable bonds is 4. The third kappa shape index (κ3) is 50.1. The van der Waals surface area contributed by atoms with E-state index in [2.05, 4.69) is 47.4 Å². The molecular formula is C14H34N2O8P2S2. The van der Waals surface area contributed by atoms with E-state index in [0.717, 1.165) is 5.69 Å². The van der Waals surface area contributed by atoms with Crippen LogP contribution >= 0.6 is 13.4 Å². The summed E-state index contributed by atoms with van der Waals surface area (Å²) in [6, 6.07) is 2.16. The van der Waals surface area contributed by atoms with Gasteiger partial charge in [-0.1, -0.05) is 34.1 Å². The Bertz CT molecular complexity index is 509. The van der Waals surface area contributed by atoms with Crippen molar-refractivity contribution in [2.75, 3.05) is 13.2 Å². The van der Waals surface area contributed by atoms with Gasteiger partial charge in [0.05, 0.1) is 13.2 Å². The molecule has 0 fully saturated rings. The van der Waals surface area contributed by atoms with Crippen molar-refractivity contribution in [2.45, 2.75) is 54.9 Å². The first-order valence-corrected chi connectivity index (χ1v) is 13.7. The molecule has 1 aromatic rings. The van der Waals surface area contributed by atoms with E-state index >= 15 is 0 Å². The Hall–Kier alpha value is -0.260. The number of hydrogen-bond donors (Lipinski definition) is 6. The van der Waals surface area contributed by atoms with Crippen LogP contribution in [0.2, 0.25) is 0 Å². The minimum atomic E-state index is -3.81. The minimum absolute atomic E-state index is 0.381. The van der Waals surface area contributed by atoms with Crippen LogP contribution in [0, 0.1) is 6.92 Å². The molecule has 6 N–H and O–H groups in total. The molecule has 0 aliphatic heterocycles. The minimum Gasteiger partial charge on any atom is -0.478 e. The quantitative estimate of drug-likeness (QED) is 0.346. The van der Waals surface area contributed by atoms with Gasteiger partial charge in [-0.25, -0.2) is 4.98 Å². The van der Waals surface area contributed by atoms with Gasteiger partial charge >= 0.3 is 19.4 Å². The average molecular weight is 485 g/mol. The Morgan fingerprint density at radius 1 is 0.821 bits per heavy atom. The van der Waals surface area contributed by atoms with Crippen molar-refractivity contribution < 1.29 is 38.8 Å². The zero-order valence-electron chi connectivity index (χ0n) is 17.3. The second-order valence-corrected chi connectivity index (χ2v) is 9.22. The normalized spacial score (nSPS) is 9.61. The molecule has 14 heteroatoms. The molecule has 0 radical (unpaired) electrons. The molecule has 0 saturated carbocycles. The molecule has 0 atom stereocenters. The lowest BCUT2D eigenvalue weighted by atomic mass is 10.4. The molecule has 0 unspecified atom stereocenters. The smallest absolute Gasteiger partial charge is 0.319 e. The summed E-state index contributed by atoms with van der Waals surface area (Å²) in [5.74, 6) is 0.568. The van der Waals surface area contributed by atoms with Crippen molar-refractivity contribution >= 4 is 37.1 Å². The summed E-state index contributed by atoms with van der Waals surface area (Å²) in [6.07, 6.45) is 1.25. The highest BCUT2D eigenvalue weighted by Gasteiger charge is 2.02. The standard InChI is InChI=1S/C9H14N2O2.C3H8.C2H6.2H3O3PS/c1-4-12-8-6-7(3)10-9(11-8)13-5-2;1-3-2;1-2;2*1-4(2,3)5/h6H,4-5H2,1-3H3;3H2,1-2H3;1-2H3;2*(H3,1,2,3,5). The van der Waals surface area contributed by atoms with Gasteiger partial charge in [0.1, 0.15) is 0 Å². The maximum absolute atomic E-state index is 7.56. The van der Waals surface area contributed by atoms with Crippen LogP contribution in [0.4, 0.5) is 0 Å². The first-order chi connectivity index (χ1) is 12.7. The molecular weight excluding hydrogens is 450 g/mol. The van der Waals surface area contributed by atoms with Gasteiger partial charge in [-0.05, 0) is 44.4 Å². The number of hydrogen-bond acceptors (Lipinski definition) is 6.